The van der Waals surface area contributed by atoms with Crippen molar-refractivity contribution in [1.82, 2.24) is 20.4 Å². The fourth-order valence-corrected chi connectivity index (χ4v) is 3.86. The van der Waals surface area contributed by atoms with Crippen molar-refractivity contribution in [2.45, 2.75) is 31.1 Å². The number of aromatic nitrogens is 2. The van der Waals surface area contributed by atoms with E-state index in [9.17, 15) is 9.59 Å². The first-order valence-electron chi connectivity index (χ1n) is 9.14. The summed E-state index contributed by atoms with van der Waals surface area (Å²) in [7, 11) is 2.13. The van der Waals surface area contributed by atoms with Gasteiger partial charge < -0.3 is 15.5 Å². The quantitative estimate of drug-likeness (QED) is 0.759. The first kappa shape index (κ1) is 19.4. The van der Waals surface area contributed by atoms with Crippen LogP contribution >= 0.6 is 11.3 Å². The Morgan fingerprint density at radius 3 is 2.52 bits per heavy atom. The summed E-state index contributed by atoms with van der Waals surface area (Å²) in [4.78, 5) is 26.5. The summed E-state index contributed by atoms with van der Waals surface area (Å²) in [6.45, 7) is 2.62. The third kappa shape index (κ3) is 5.33. The van der Waals surface area contributed by atoms with Gasteiger partial charge in [-0.05, 0) is 38.5 Å². The Morgan fingerprint density at radius 2 is 1.85 bits per heavy atom. The van der Waals surface area contributed by atoms with Gasteiger partial charge in [0.25, 0.3) is 0 Å². The van der Waals surface area contributed by atoms with Gasteiger partial charge in [-0.25, -0.2) is 0 Å². The number of hydrogen-bond acceptors (Lipinski definition) is 6. The maximum absolute atomic E-state index is 12.3. The van der Waals surface area contributed by atoms with Crippen LogP contribution in [0.15, 0.2) is 35.8 Å². The van der Waals surface area contributed by atoms with Crippen molar-refractivity contribution in [1.29, 1.82) is 0 Å². The lowest BCUT2D eigenvalue weighted by Gasteiger charge is -2.41. The number of piperidine rings is 1. The zero-order chi connectivity index (χ0) is 19.1. The molecule has 1 aromatic heterocycles. The first-order chi connectivity index (χ1) is 13.1. The van der Waals surface area contributed by atoms with E-state index in [-0.39, 0.29) is 30.1 Å². The monoisotopic (exact) mass is 387 g/mol. The Morgan fingerprint density at radius 1 is 1.15 bits per heavy atom. The number of amides is 2. The van der Waals surface area contributed by atoms with Gasteiger partial charge in [-0.1, -0.05) is 41.7 Å². The molecule has 1 fully saturated rings. The van der Waals surface area contributed by atoms with E-state index in [1.807, 2.05) is 6.07 Å². The highest BCUT2D eigenvalue weighted by molar-refractivity contribution is 7.13. The summed E-state index contributed by atoms with van der Waals surface area (Å²) in [5.41, 5.74) is 2.78. The van der Waals surface area contributed by atoms with Gasteiger partial charge in [0.05, 0.1) is 0 Å². The second-order valence-electron chi connectivity index (χ2n) is 7.02. The molecule has 27 heavy (non-hydrogen) atoms. The summed E-state index contributed by atoms with van der Waals surface area (Å²) in [5, 5.41) is 13.6. The lowest BCUT2D eigenvalue weighted by Crippen LogP contribution is -2.48. The van der Waals surface area contributed by atoms with E-state index < -0.39 is 0 Å². The van der Waals surface area contributed by atoms with E-state index in [2.05, 4.69) is 57.0 Å². The standard InChI is InChI=1S/C19H25N5O2S/c1-24-11-9-19(10-12-24,15-5-3-2-4-6-15)13-20-16(25)7-8-17(26)22-18-23-21-14-27-18/h2-6,14H,7-13H2,1H3,(H,20,25)(H,22,23,26). The van der Waals surface area contributed by atoms with Crippen LogP contribution in [0.1, 0.15) is 31.2 Å². The number of nitrogens with zero attached hydrogens (tertiary/aromatic N) is 3. The molecule has 2 N–H and O–H groups in total. The number of rotatable bonds is 7. The zero-order valence-electron chi connectivity index (χ0n) is 15.5. The molecule has 0 spiro atoms. The number of anilines is 1. The number of nitrogens with one attached hydrogen (secondary N) is 2. The van der Waals surface area contributed by atoms with E-state index in [1.54, 1.807) is 5.51 Å². The van der Waals surface area contributed by atoms with Gasteiger partial charge in [0.2, 0.25) is 16.9 Å². The fraction of sp³-hybridized carbons (Fsp3) is 0.474. The molecule has 0 radical (unpaired) electrons. The lowest BCUT2D eigenvalue weighted by molar-refractivity contribution is -0.124. The fourth-order valence-electron chi connectivity index (χ4n) is 3.40. The lowest BCUT2D eigenvalue weighted by atomic mass is 9.72. The molecule has 0 unspecified atom stereocenters. The van der Waals surface area contributed by atoms with E-state index in [1.165, 1.54) is 16.9 Å². The van der Waals surface area contributed by atoms with Crippen molar-refractivity contribution in [3.63, 3.8) is 0 Å². The highest BCUT2D eigenvalue weighted by Crippen LogP contribution is 2.34. The van der Waals surface area contributed by atoms with Crippen molar-refractivity contribution in [2.24, 2.45) is 0 Å². The summed E-state index contributed by atoms with van der Waals surface area (Å²) in [6, 6.07) is 10.4. The Bertz CT molecular complexity index is 743. The average Bonchev–Trinajstić information content (AvgIpc) is 3.20. The van der Waals surface area contributed by atoms with Crippen LogP contribution in [0.3, 0.4) is 0 Å². The van der Waals surface area contributed by atoms with Crippen LogP contribution in [0.4, 0.5) is 5.13 Å². The summed E-state index contributed by atoms with van der Waals surface area (Å²) < 4.78 is 0. The van der Waals surface area contributed by atoms with Gasteiger partial charge in [-0.15, -0.1) is 10.2 Å². The van der Waals surface area contributed by atoms with Crippen molar-refractivity contribution in [2.75, 3.05) is 32.0 Å². The molecule has 0 aliphatic carbocycles. The van der Waals surface area contributed by atoms with Crippen LogP contribution in [0.2, 0.25) is 0 Å². The van der Waals surface area contributed by atoms with Gasteiger partial charge >= 0.3 is 0 Å². The maximum Gasteiger partial charge on any atom is 0.226 e. The SMILES string of the molecule is CN1CCC(CNC(=O)CCC(=O)Nc2nncs2)(c2ccccc2)CC1. The molecule has 7 nitrogen and oxygen atoms in total. The third-order valence-electron chi connectivity index (χ3n) is 5.14. The third-order valence-corrected chi connectivity index (χ3v) is 5.75. The molecule has 0 saturated carbocycles. The minimum absolute atomic E-state index is 0.0434. The molecule has 3 rings (SSSR count). The second-order valence-corrected chi connectivity index (χ2v) is 7.85. The molecule has 2 aromatic rings. The molecule has 0 bridgehead atoms. The Balaban J connectivity index is 1.52. The summed E-state index contributed by atoms with van der Waals surface area (Å²) in [6.07, 6.45) is 2.30. The molecular formula is C19H25N5O2S. The van der Waals surface area contributed by atoms with Crippen molar-refractivity contribution in [3.8, 4) is 0 Å². The van der Waals surface area contributed by atoms with Crippen LogP contribution < -0.4 is 10.6 Å². The molecule has 1 saturated heterocycles. The molecule has 2 heterocycles. The molecular weight excluding hydrogens is 362 g/mol. The van der Waals surface area contributed by atoms with Crippen molar-refractivity contribution in [3.05, 3.63) is 41.4 Å². The average molecular weight is 388 g/mol. The van der Waals surface area contributed by atoms with Gasteiger partial charge in [0.15, 0.2) is 0 Å². The Labute approximate surface area is 163 Å². The smallest absolute Gasteiger partial charge is 0.226 e. The number of hydrogen-bond donors (Lipinski definition) is 2. The highest BCUT2D eigenvalue weighted by Gasteiger charge is 2.35. The molecule has 8 heteroatoms. The normalized spacial score (nSPS) is 16.6. The van der Waals surface area contributed by atoms with E-state index in [0.717, 1.165) is 25.9 Å². The largest absolute Gasteiger partial charge is 0.355 e. The molecule has 1 aliphatic rings. The molecule has 144 valence electrons. The predicted octanol–water partition coefficient (Wildman–Crippen LogP) is 2.04. The summed E-state index contributed by atoms with van der Waals surface area (Å²) in [5.74, 6) is -0.324. The minimum Gasteiger partial charge on any atom is -0.355 e. The van der Waals surface area contributed by atoms with E-state index >= 15 is 0 Å². The molecule has 2 amide bonds. The van der Waals surface area contributed by atoms with Gasteiger partial charge in [0, 0.05) is 24.8 Å². The topological polar surface area (TPSA) is 87.2 Å². The number of carbonyl (C=O) groups excluding carboxylic acids is 2. The van der Waals surface area contributed by atoms with Gasteiger partial charge in [-0.3, -0.25) is 9.59 Å². The molecule has 1 aliphatic heterocycles. The number of likely N-dealkylation sites (tertiary alicyclic amines) is 1. The predicted molar refractivity (Wildman–Crippen MR) is 106 cm³/mol. The molecule has 1 aromatic carbocycles. The highest BCUT2D eigenvalue weighted by atomic mass is 32.1. The van der Waals surface area contributed by atoms with Crippen LogP contribution in [-0.2, 0) is 15.0 Å². The summed E-state index contributed by atoms with van der Waals surface area (Å²) >= 11 is 1.25. The zero-order valence-corrected chi connectivity index (χ0v) is 16.3. The van der Waals surface area contributed by atoms with Crippen LogP contribution in [0.25, 0.3) is 0 Å². The van der Waals surface area contributed by atoms with E-state index in [0.29, 0.717) is 11.7 Å². The maximum atomic E-state index is 12.3. The Hall–Kier alpha value is -2.32. The molecule has 0 atom stereocenters. The Kier molecular flexibility index (Phi) is 6.52. The van der Waals surface area contributed by atoms with Crippen LogP contribution in [0.5, 0.6) is 0 Å². The van der Waals surface area contributed by atoms with Crippen LogP contribution in [-0.4, -0.2) is 53.6 Å². The first-order valence-corrected chi connectivity index (χ1v) is 10.0. The van der Waals surface area contributed by atoms with Crippen molar-refractivity contribution < 1.29 is 9.59 Å². The van der Waals surface area contributed by atoms with Gasteiger partial charge in [-0.2, -0.15) is 0 Å². The minimum atomic E-state index is -0.223. The van der Waals surface area contributed by atoms with Crippen LogP contribution in [0, 0.1) is 0 Å². The van der Waals surface area contributed by atoms with E-state index in [4.69, 9.17) is 0 Å². The number of carbonyl (C=O) groups is 2. The number of benzene rings is 1. The second kappa shape index (κ2) is 9.05. The van der Waals surface area contributed by atoms with Gasteiger partial charge in [0.1, 0.15) is 5.51 Å². The van der Waals surface area contributed by atoms with Crippen molar-refractivity contribution >= 4 is 28.3 Å².